The van der Waals surface area contributed by atoms with Crippen LogP contribution in [0.15, 0.2) is 42.6 Å². The Balaban J connectivity index is 2.24. The van der Waals surface area contributed by atoms with E-state index in [2.05, 4.69) is 21.4 Å². The molecule has 5 nitrogen and oxygen atoms in total. The maximum absolute atomic E-state index is 8.85. The molecule has 1 aromatic carbocycles. The maximum atomic E-state index is 8.85. The summed E-state index contributed by atoms with van der Waals surface area (Å²) in [7, 11) is 0. The van der Waals surface area contributed by atoms with Crippen molar-refractivity contribution in [3.8, 4) is 11.9 Å². The van der Waals surface area contributed by atoms with Crippen LogP contribution in [-0.2, 0) is 0 Å². The van der Waals surface area contributed by atoms with Gasteiger partial charge in [-0.05, 0) is 18.2 Å². The van der Waals surface area contributed by atoms with Crippen LogP contribution in [-0.4, -0.2) is 20.0 Å². The zero-order valence-corrected chi connectivity index (χ0v) is 8.78. The zero-order chi connectivity index (χ0) is 11.7. The summed E-state index contributed by atoms with van der Waals surface area (Å²) >= 11 is 0. The van der Waals surface area contributed by atoms with Gasteiger partial charge in [-0.2, -0.15) is 9.94 Å². The number of hydrogen-bond donors (Lipinski definition) is 0. The summed E-state index contributed by atoms with van der Waals surface area (Å²) in [6, 6.07) is 13.0. The van der Waals surface area contributed by atoms with Crippen LogP contribution in [0, 0.1) is 11.3 Å². The van der Waals surface area contributed by atoms with Gasteiger partial charge >= 0.3 is 0 Å². The Morgan fingerprint density at radius 1 is 1.18 bits per heavy atom. The summed E-state index contributed by atoms with van der Waals surface area (Å²) in [5.74, 6) is 0.595. The lowest BCUT2D eigenvalue weighted by Gasteiger charge is -2.00. The highest BCUT2D eigenvalue weighted by atomic mass is 15.4. The number of nitriles is 1. The summed E-state index contributed by atoms with van der Waals surface area (Å²) in [5, 5.41) is 16.9. The molecule has 5 heteroatoms. The minimum absolute atomic E-state index is 0.551. The SMILES string of the molecule is N#Cc1ccnc(-n2nnc3ccccc32)c1. The molecule has 0 N–H and O–H groups in total. The van der Waals surface area contributed by atoms with E-state index in [1.165, 1.54) is 0 Å². The number of pyridine rings is 1. The van der Waals surface area contributed by atoms with Crippen molar-refractivity contribution in [1.29, 1.82) is 5.26 Å². The van der Waals surface area contributed by atoms with Crippen molar-refractivity contribution in [2.75, 3.05) is 0 Å². The number of fused-ring (bicyclic) bond motifs is 1. The predicted octanol–water partition coefficient (Wildman–Crippen LogP) is 1.69. The van der Waals surface area contributed by atoms with E-state index in [1.807, 2.05) is 24.3 Å². The molecule has 0 saturated carbocycles. The van der Waals surface area contributed by atoms with E-state index in [4.69, 9.17) is 5.26 Å². The highest BCUT2D eigenvalue weighted by Crippen LogP contribution is 2.14. The number of rotatable bonds is 1. The van der Waals surface area contributed by atoms with E-state index < -0.39 is 0 Å². The van der Waals surface area contributed by atoms with Crippen molar-refractivity contribution in [2.24, 2.45) is 0 Å². The summed E-state index contributed by atoms with van der Waals surface area (Å²) < 4.78 is 1.62. The van der Waals surface area contributed by atoms with Gasteiger partial charge in [0, 0.05) is 12.3 Å². The van der Waals surface area contributed by atoms with E-state index in [9.17, 15) is 0 Å². The third-order valence-corrected chi connectivity index (χ3v) is 2.44. The minimum Gasteiger partial charge on any atom is -0.237 e. The first-order valence-corrected chi connectivity index (χ1v) is 5.05. The average Bonchev–Trinajstić information content (AvgIpc) is 2.82. The molecule has 2 aromatic heterocycles. The molecule has 2 heterocycles. The first-order valence-electron chi connectivity index (χ1n) is 5.05. The summed E-state index contributed by atoms with van der Waals surface area (Å²) in [6.07, 6.45) is 1.59. The van der Waals surface area contributed by atoms with Crippen LogP contribution < -0.4 is 0 Å². The normalized spacial score (nSPS) is 10.3. The second kappa shape index (κ2) is 3.68. The maximum Gasteiger partial charge on any atom is 0.157 e. The second-order valence-corrected chi connectivity index (χ2v) is 3.50. The topological polar surface area (TPSA) is 67.4 Å². The Morgan fingerprint density at radius 2 is 2.06 bits per heavy atom. The standard InChI is InChI=1S/C12H7N5/c13-8-9-5-6-14-12(7-9)17-11-4-2-1-3-10(11)15-16-17/h1-7H. The summed E-state index contributed by atoms with van der Waals surface area (Å²) in [5.41, 5.74) is 2.22. The molecule has 0 saturated heterocycles. The summed E-state index contributed by atoms with van der Waals surface area (Å²) in [6.45, 7) is 0. The molecule has 0 amide bonds. The Labute approximate surface area is 96.9 Å². The molecule has 0 aliphatic carbocycles. The average molecular weight is 221 g/mol. The number of para-hydroxylation sites is 1. The first kappa shape index (κ1) is 9.48. The van der Waals surface area contributed by atoms with Gasteiger partial charge in [-0.3, -0.25) is 0 Å². The fourth-order valence-electron chi connectivity index (χ4n) is 1.64. The molecule has 0 aliphatic rings. The van der Waals surface area contributed by atoms with Crippen LogP contribution in [0.5, 0.6) is 0 Å². The van der Waals surface area contributed by atoms with Gasteiger partial charge in [-0.25, -0.2) is 4.98 Å². The van der Waals surface area contributed by atoms with Crippen LogP contribution in [0.4, 0.5) is 0 Å². The van der Waals surface area contributed by atoms with E-state index >= 15 is 0 Å². The molecule has 0 aliphatic heterocycles. The fraction of sp³-hybridized carbons (Fsp3) is 0. The van der Waals surface area contributed by atoms with Crippen LogP contribution >= 0.6 is 0 Å². The van der Waals surface area contributed by atoms with Gasteiger partial charge in [0.05, 0.1) is 17.1 Å². The zero-order valence-electron chi connectivity index (χ0n) is 8.78. The number of aromatic nitrogens is 4. The molecule has 0 radical (unpaired) electrons. The highest BCUT2D eigenvalue weighted by molar-refractivity contribution is 5.75. The quantitative estimate of drug-likeness (QED) is 0.627. The molecule has 0 bridgehead atoms. The molecule has 0 atom stereocenters. The van der Waals surface area contributed by atoms with Crippen LogP contribution in [0.2, 0.25) is 0 Å². The third-order valence-electron chi connectivity index (χ3n) is 2.44. The van der Waals surface area contributed by atoms with Crippen molar-refractivity contribution >= 4 is 11.0 Å². The monoisotopic (exact) mass is 221 g/mol. The van der Waals surface area contributed by atoms with Crippen molar-refractivity contribution in [3.63, 3.8) is 0 Å². The molecular weight excluding hydrogens is 214 g/mol. The van der Waals surface area contributed by atoms with Gasteiger partial charge < -0.3 is 0 Å². The van der Waals surface area contributed by atoms with Gasteiger partial charge in [-0.15, -0.1) is 5.10 Å². The van der Waals surface area contributed by atoms with Crippen LogP contribution in [0.1, 0.15) is 5.56 Å². The number of hydrogen-bond acceptors (Lipinski definition) is 4. The molecule has 17 heavy (non-hydrogen) atoms. The Hall–Kier alpha value is -2.74. The van der Waals surface area contributed by atoms with E-state index in [0.717, 1.165) is 11.0 Å². The molecule has 3 rings (SSSR count). The third kappa shape index (κ3) is 1.52. The van der Waals surface area contributed by atoms with E-state index in [0.29, 0.717) is 11.4 Å². The molecule has 80 valence electrons. The molecule has 0 fully saturated rings. The van der Waals surface area contributed by atoms with Crippen molar-refractivity contribution < 1.29 is 0 Å². The van der Waals surface area contributed by atoms with Gasteiger partial charge in [-0.1, -0.05) is 17.3 Å². The summed E-state index contributed by atoms with van der Waals surface area (Å²) in [4.78, 5) is 4.19. The second-order valence-electron chi connectivity index (χ2n) is 3.50. The molecule has 0 unspecified atom stereocenters. The van der Waals surface area contributed by atoms with Crippen molar-refractivity contribution in [1.82, 2.24) is 20.0 Å². The molecule has 3 aromatic rings. The molecule has 0 spiro atoms. The van der Waals surface area contributed by atoms with Crippen molar-refractivity contribution in [3.05, 3.63) is 48.2 Å². The van der Waals surface area contributed by atoms with Crippen LogP contribution in [0.3, 0.4) is 0 Å². The Bertz CT molecular complexity index is 723. The lowest BCUT2D eigenvalue weighted by molar-refractivity contribution is 0.801. The largest absolute Gasteiger partial charge is 0.237 e. The Kier molecular flexibility index (Phi) is 2.06. The predicted molar refractivity (Wildman–Crippen MR) is 61.4 cm³/mol. The Morgan fingerprint density at radius 3 is 2.94 bits per heavy atom. The van der Waals surface area contributed by atoms with Gasteiger partial charge in [0.25, 0.3) is 0 Å². The van der Waals surface area contributed by atoms with Crippen LogP contribution in [0.25, 0.3) is 16.9 Å². The lowest BCUT2D eigenvalue weighted by Crippen LogP contribution is -1.99. The number of nitrogens with zero attached hydrogens (tertiary/aromatic N) is 5. The molecular formula is C12H7N5. The first-order chi connectivity index (χ1) is 8.38. The van der Waals surface area contributed by atoms with E-state index in [-0.39, 0.29) is 0 Å². The number of benzene rings is 1. The van der Waals surface area contributed by atoms with E-state index in [1.54, 1.807) is 23.0 Å². The highest BCUT2D eigenvalue weighted by Gasteiger charge is 2.06. The minimum atomic E-state index is 0.551. The van der Waals surface area contributed by atoms with Gasteiger partial charge in [0.15, 0.2) is 5.82 Å². The van der Waals surface area contributed by atoms with Gasteiger partial charge in [0.2, 0.25) is 0 Å². The lowest BCUT2D eigenvalue weighted by atomic mass is 10.3. The fourth-order valence-corrected chi connectivity index (χ4v) is 1.64. The van der Waals surface area contributed by atoms with Crippen molar-refractivity contribution in [2.45, 2.75) is 0 Å². The van der Waals surface area contributed by atoms with Gasteiger partial charge in [0.1, 0.15) is 5.52 Å². The smallest absolute Gasteiger partial charge is 0.157 e.